The number of hydrogen-bond donors (Lipinski definition) is 0. The first-order valence-corrected chi connectivity index (χ1v) is 27.1. The van der Waals surface area contributed by atoms with E-state index in [0.717, 1.165) is 6.42 Å². The molecule has 1 spiro atoms. The van der Waals surface area contributed by atoms with E-state index < -0.39 is 0 Å². The molecule has 0 N–H and O–H groups in total. The van der Waals surface area contributed by atoms with Crippen LogP contribution in [-0.4, -0.2) is 0 Å². The van der Waals surface area contributed by atoms with Crippen LogP contribution in [0.3, 0.4) is 0 Å². The van der Waals surface area contributed by atoms with Crippen molar-refractivity contribution >= 4 is 16.7 Å². The van der Waals surface area contributed by atoms with Crippen molar-refractivity contribution in [1.82, 2.24) is 0 Å². The van der Waals surface area contributed by atoms with E-state index in [1.54, 1.807) is 5.57 Å². The van der Waals surface area contributed by atoms with E-state index in [4.69, 9.17) is 0 Å². The highest BCUT2D eigenvalue weighted by atomic mass is 14.6. The summed E-state index contributed by atoms with van der Waals surface area (Å²) in [7, 11) is 0. The van der Waals surface area contributed by atoms with Gasteiger partial charge in [-0.1, -0.05) is 250 Å². The van der Waals surface area contributed by atoms with Crippen LogP contribution in [0.25, 0.3) is 39.0 Å². The van der Waals surface area contributed by atoms with Crippen LogP contribution in [0.15, 0.2) is 175 Å². The second-order valence-corrected chi connectivity index (χ2v) is 24.4. The Balaban J connectivity index is 0.000000156. The van der Waals surface area contributed by atoms with Gasteiger partial charge in [-0.3, -0.25) is 0 Å². The highest BCUT2D eigenvalue weighted by Gasteiger charge is 2.56. The second-order valence-electron chi connectivity index (χ2n) is 24.4. The van der Waals surface area contributed by atoms with Crippen molar-refractivity contribution in [1.29, 1.82) is 0 Å². The van der Waals surface area contributed by atoms with Crippen molar-refractivity contribution in [2.24, 2.45) is 5.92 Å². The molecule has 0 heteroatoms. The van der Waals surface area contributed by atoms with Crippen molar-refractivity contribution in [2.75, 3.05) is 0 Å². The average Bonchev–Trinajstić information content (AvgIpc) is 3.90. The topological polar surface area (TPSA) is 0 Å². The molecule has 0 heterocycles. The summed E-state index contributed by atoms with van der Waals surface area (Å²) in [6.07, 6.45) is 9.50. The minimum Gasteiger partial charge on any atom is -0.0873 e. The number of fused-ring (bicyclic) bond motifs is 9. The molecule has 372 valence electrons. The summed E-state index contributed by atoms with van der Waals surface area (Å²) in [6, 6.07) is 53.5. The normalized spacial score (nSPS) is 17.1. The third kappa shape index (κ3) is 8.77. The van der Waals surface area contributed by atoms with E-state index in [1.165, 1.54) is 129 Å². The van der Waals surface area contributed by atoms with E-state index in [9.17, 15) is 0 Å². The summed E-state index contributed by atoms with van der Waals surface area (Å²) in [5.41, 5.74) is 32.9. The molecule has 0 bridgehead atoms. The molecule has 0 aromatic heterocycles. The summed E-state index contributed by atoms with van der Waals surface area (Å²) < 4.78 is 0. The number of rotatable bonds is 4. The Morgan fingerprint density at radius 2 is 1.05 bits per heavy atom. The van der Waals surface area contributed by atoms with Gasteiger partial charge in [0.05, 0.1) is 5.41 Å². The smallest absolute Gasteiger partial charge is 0.0728 e. The Morgan fingerprint density at radius 1 is 0.521 bits per heavy atom. The Kier molecular flexibility index (Phi) is 13.7. The van der Waals surface area contributed by atoms with Crippen LogP contribution in [0.1, 0.15) is 167 Å². The maximum atomic E-state index is 2.45. The number of aryl methyl sites for hydroxylation is 5. The van der Waals surface area contributed by atoms with Crippen LogP contribution in [0.2, 0.25) is 0 Å². The molecule has 4 aliphatic rings. The Hall–Kier alpha value is -6.50. The van der Waals surface area contributed by atoms with Crippen molar-refractivity contribution in [3.8, 4) is 22.3 Å². The van der Waals surface area contributed by atoms with Crippen LogP contribution in [-0.2, 0) is 21.7 Å². The lowest BCUT2D eigenvalue weighted by Crippen LogP contribution is -2.34. The van der Waals surface area contributed by atoms with E-state index in [-0.39, 0.29) is 21.7 Å². The maximum absolute atomic E-state index is 2.45. The maximum Gasteiger partial charge on any atom is 0.0728 e. The predicted molar refractivity (Wildman–Crippen MR) is 318 cm³/mol. The summed E-state index contributed by atoms with van der Waals surface area (Å²) in [5.74, 6) is 0.418. The lowest BCUT2D eigenvalue weighted by atomic mass is 9.62. The molecular formula is C73H80. The van der Waals surface area contributed by atoms with Crippen LogP contribution < -0.4 is 0 Å². The van der Waals surface area contributed by atoms with E-state index in [1.807, 2.05) is 6.07 Å². The first-order valence-electron chi connectivity index (χ1n) is 27.1. The highest BCUT2D eigenvalue weighted by molar-refractivity contribution is 6.10. The van der Waals surface area contributed by atoms with Crippen LogP contribution in [0.4, 0.5) is 0 Å². The van der Waals surface area contributed by atoms with Crippen molar-refractivity contribution in [2.45, 2.75) is 145 Å². The minimum atomic E-state index is -0.332. The number of hydrogen-bond acceptors (Lipinski definition) is 0. The predicted octanol–water partition coefficient (Wildman–Crippen LogP) is 20.1. The third-order valence-corrected chi connectivity index (χ3v) is 16.3. The Morgan fingerprint density at radius 3 is 1.64 bits per heavy atom. The first-order chi connectivity index (χ1) is 34.6. The third-order valence-electron chi connectivity index (χ3n) is 16.3. The second kappa shape index (κ2) is 19.4. The summed E-state index contributed by atoms with van der Waals surface area (Å²) in [5, 5.41) is 0. The van der Waals surface area contributed by atoms with Gasteiger partial charge in [0.1, 0.15) is 0 Å². The van der Waals surface area contributed by atoms with Gasteiger partial charge in [-0.25, -0.2) is 0 Å². The molecule has 1 atom stereocenters. The van der Waals surface area contributed by atoms with Gasteiger partial charge in [-0.15, -0.1) is 0 Å². The first kappa shape index (κ1) is 51.4. The summed E-state index contributed by atoms with van der Waals surface area (Å²) in [6.45, 7) is 37.4. The molecule has 0 fully saturated rings. The van der Waals surface area contributed by atoms with Crippen molar-refractivity contribution < 1.29 is 0 Å². The van der Waals surface area contributed by atoms with Gasteiger partial charge in [-0.05, 0) is 182 Å². The molecule has 7 aromatic rings. The zero-order valence-electron chi connectivity index (χ0n) is 47.1. The molecule has 0 saturated carbocycles. The fourth-order valence-corrected chi connectivity index (χ4v) is 13.6. The fraction of sp³-hybridized carbons (Fsp3) is 0.315. The standard InChI is InChI=1S/C38H46.C22H22.C13H12/c1-13-16-29-30(22(2)3)26-17-14-15-18-28(26)38(29)34-27(20-19-23(4)32(34)36(7,8)9)31-24(5)21-25(6)33(35(31)38)37(10,11)12;1-15-11-13-16(14-12-15)17-8-6-10-20-21(17)18-7-4-5-9-19(18)22(20,2)3;1-11-7-9-13(10-8-11)12-5-3-2-4-6-12/h13-22H,1-12H3;4-5,7-9,11-14H,6,10H2,1-3H3;2-10H,1H3/b16-13-;;. The number of benzene rings is 7. The minimum absolute atomic E-state index is 0.00438. The molecule has 1 unspecified atom stereocenters. The fourth-order valence-electron chi connectivity index (χ4n) is 13.6. The van der Waals surface area contributed by atoms with Gasteiger partial charge in [0.25, 0.3) is 0 Å². The zero-order chi connectivity index (χ0) is 52.4. The van der Waals surface area contributed by atoms with Crippen molar-refractivity contribution in [3.63, 3.8) is 0 Å². The van der Waals surface area contributed by atoms with Gasteiger partial charge in [-0.2, -0.15) is 0 Å². The molecular weight excluding hydrogens is 877 g/mol. The van der Waals surface area contributed by atoms with Gasteiger partial charge in [0, 0.05) is 5.41 Å². The van der Waals surface area contributed by atoms with Gasteiger partial charge < -0.3 is 0 Å². The Bertz CT molecular complexity index is 3360. The molecule has 0 nitrogen and oxygen atoms in total. The van der Waals surface area contributed by atoms with Gasteiger partial charge >= 0.3 is 0 Å². The lowest BCUT2D eigenvalue weighted by molar-refractivity contribution is 0.554. The average molecular weight is 957 g/mol. The molecule has 11 rings (SSSR count). The largest absolute Gasteiger partial charge is 0.0873 e. The Labute approximate surface area is 440 Å². The molecule has 4 aliphatic carbocycles. The molecule has 0 saturated heterocycles. The summed E-state index contributed by atoms with van der Waals surface area (Å²) >= 11 is 0. The van der Waals surface area contributed by atoms with Crippen molar-refractivity contribution in [3.05, 3.63) is 253 Å². The monoisotopic (exact) mass is 957 g/mol. The quantitative estimate of drug-likeness (QED) is 0.165. The van der Waals surface area contributed by atoms with Crippen LogP contribution >= 0.6 is 0 Å². The molecule has 0 aliphatic heterocycles. The van der Waals surface area contributed by atoms with E-state index in [0.29, 0.717) is 5.92 Å². The van der Waals surface area contributed by atoms with Crippen LogP contribution in [0.5, 0.6) is 0 Å². The number of allylic oxidation sites excluding steroid dienone is 8. The molecule has 0 amide bonds. The highest BCUT2D eigenvalue weighted by Crippen LogP contribution is 2.67. The van der Waals surface area contributed by atoms with Gasteiger partial charge in [0.2, 0.25) is 0 Å². The molecule has 7 aromatic carbocycles. The summed E-state index contributed by atoms with van der Waals surface area (Å²) in [4.78, 5) is 0. The molecule has 0 radical (unpaired) electrons. The van der Waals surface area contributed by atoms with Crippen LogP contribution in [0, 0.1) is 40.5 Å². The molecule has 73 heavy (non-hydrogen) atoms. The van der Waals surface area contributed by atoms with Gasteiger partial charge in [0.15, 0.2) is 0 Å². The SMILES string of the molecule is C/C=C\C1=C(C(C)C)c2ccccc2C12c1c(ccc(C)c1C(C)(C)C)-c1c(C)cc(C)c(C(C)(C)C)c12.Cc1ccc(-c2ccccc2)cc1.Cc1ccc(C2=CCCC3=C2c2ccccc2C3(C)C)cc1. The lowest BCUT2D eigenvalue weighted by Gasteiger charge is -2.40. The van der Waals surface area contributed by atoms with E-state index in [2.05, 4.69) is 269 Å². The van der Waals surface area contributed by atoms with E-state index >= 15 is 0 Å². The zero-order valence-corrected chi connectivity index (χ0v) is 47.1.